The number of hydrogen-bond donors (Lipinski definition) is 1. The summed E-state index contributed by atoms with van der Waals surface area (Å²) < 4.78 is 30.0. The van der Waals surface area contributed by atoms with Gasteiger partial charge in [-0.2, -0.15) is 8.42 Å². The Balaban J connectivity index is 3.19. The molecule has 0 aliphatic rings. The van der Waals surface area contributed by atoms with Gasteiger partial charge in [0.1, 0.15) is 11.4 Å². The Labute approximate surface area is 136 Å². The number of ether oxygens (including phenoxy) is 1. The molecule has 1 N–H and O–H groups in total. The van der Waals surface area contributed by atoms with Gasteiger partial charge in [0.15, 0.2) is 5.11 Å². The van der Waals surface area contributed by atoms with Crippen molar-refractivity contribution in [2.75, 3.05) is 21.2 Å². The lowest BCUT2D eigenvalue weighted by Crippen LogP contribution is -2.41. The van der Waals surface area contributed by atoms with Crippen molar-refractivity contribution in [1.29, 1.82) is 0 Å². The Morgan fingerprint density at radius 1 is 1.45 bits per heavy atom. The molecule has 1 atom stereocenters. The fourth-order valence-electron chi connectivity index (χ4n) is 1.83. The molecule has 0 bridgehead atoms. The SMILES string of the molecule is CNC(=S)N(C)C(=O)C(C)c1ccc(OC)c(N=S(=O)=O)c1. The van der Waals surface area contributed by atoms with Gasteiger partial charge in [0.05, 0.1) is 13.0 Å². The van der Waals surface area contributed by atoms with Gasteiger partial charge in [0.25, 0.3) is 0 Å². The zero-order chi connectivity index (χ0) is 16.9. The van der Waals surface area contributed by atoms with Gasteiger partial charge < -0.3 is 10.1 Å². The van der Waals surface area contributed by atoms with Crippen molar-refractivity contribution in [2.24, 2.45) is 4.36 Å². The zero-order valence-corrected chi connectivity index (χ0v) is 14.3. The van der Waals surface area contributed by atoms with Crippen LogP contribution in [0, 0.1) is 0 Å². The summed E-state index contributed by atoms with van der Waals surface area (Å²) in [6.45, 7) is 1.71. The summed E-state index contributed by atoms with van der Waals surface area (Å²) in [6.07, 6.45) is 0. The smallest absolute Gasteiger partial charge is 0.316 e. The molecule has 7 nitrogen and oxygen atoms in total. The maximum absolute atomic E-state index is 12.3. The molecule has 1 aromatic carbocycles. The van der Waals surface area contributed by atoms with Crippen molar-refractivity contribution < 1.29 is 17.9 Å². The Morgan fingerprint density at radius 3 is 2.59 bits per heavy atom. The van der Waals surface area contributed by atoms with Crippen LogP contribution in [0.1, 0.15) is 18.4 Å². The number of nitrogens with one attached hydrogen (secondary N) is 1. The Bertz CT molecular complexity index is 708. The number of amides is 1. The predicted octanol–water partition coefficient (Wildman–Crippen LogP) is 1.46. The summed E-state index contributed by atoms with van der Waals surface area (Å²) in [7, 11) is 2.00. The first kappa shape index (κ1) is 18.1. The number of carbonyl (C=O) groups is 1. The average Bonchev–Trinajstić information content (AvgIpc) is 2.51. The summed E-state index contributed by atoms with van der Waals surface area (Å²) in [6, 6.07) is 4.76. The number of methoxy groups -OCH3 is 1. The number of rotatable bonds is 4. The van der Waals surface area contributed by atoms with Gasteiger partial charge in [-0.1, -0.05) is 6.07 Å². The second kappa shape index (κ2) is 7.85. The van der Waals surface area contributed by atoms with Gasteiger partial charge >= 0.3 is 10.5 Å². The van der Waals surface area contributed by atoms with Crippen LogP contribution in [0.3, 0.4) is 0 Å². The van der Waals surface area contributed by atoms with E-state index in [2.05, 4.69) is 9.68 Å². The van der Waals surface area contributed by atoms with Gasteiger partial charge in [-0.25, -0.2) is 0 Å². The van der Waals surface area contributed by atoms with E-state index >= 15 is 0 Å². The summed E-state index contributed by atoms with van der Waals surface area (Å²) in [5.41, 5.74) is 0.757. The number of benzene rings is 1. The molecular weight excluding hydrogens is 326 g/mol. The van der Waals surface area contributed by atoms with Gasteiger partial charge in [0.2, 0.25) is 5.91 Å². The third-order valence-corrected chi connectivity index (χ3v) is 3.92. The molecule has 1 rings (SSSR count). The molecule has 1 unspecified atom stereocenters. The van der Waals surface area contributed by atoms with Gasteiger partial charge in [0, 0.05) is 14.1 Å². The maximum Gasteiger partial charge on any atom is 0.316 e. The van der Waals surface area contributed by atoms with Crippen LogP contribution in [0.4, 0.5) is 5.69 Å². The number of thiocarbonyl (C=S) groups is 1. The van der Waals surface area contributed by atoms with Crippen LogP contribution in [0.5, 0.6) is 5.75 Å². The van der Waals surface area contributed by atoms with E-state index in [0.717, 1.165) is 0 Å². The van der Waals surface area contributed by atoms with Crippen LogP contribution in [0.2, 0.25) is 0 Å². The molecule has 0 aliphatic carbocycles. The standard InChI is InChI=1S/C13H17N3O4S2/c1-8(12(17)16(3)13(21)14-2)9-5-6-11(20-4)10(7-9)15-22(18)19/h5-8H,1-4H3,(H,14,21). The van der Waals surface area contributed by atoms with Crippen molar-refractivity contribution in [1.82, 2.24) is 10.2 Å². The molecule has 22 heavy (non-hydrogen) atoms. The predicted molar refractivity (Wildman–Crippen MR) is 86.8 cm³/mol. The normalized spacial score (nSPS) is 11.3. The summed E-state index contributed by atoms with van der Waals surface area (Å²) in [4.78, 5) is 13.7. The highest BCUT2D eigenvalue weighted by Crippen LogP contribution is 2.31. The molecule has 0 spiro atoms. The van der Waals surface area contributed by atoms with Gasteiger partial charge in [-0.3, -0.25) is 9.69 Å². The van der Waals surface area contributed by atoms with Crippen LogP contribution >= 0.6 is 12.2 Å². The minimum atomic E-state index is -2.61. The van der Waals surface area contributed by atoms with Gasteiger partial charge in [-0.05, 0) is 36.8 Å². The van der Waals surface area contributed by atoms with Crippen molar-refractivity contribution in [2.45, 2.75) is 12.8 Å². The Hall–Kier alpha value is -2.00. The number of likely N-dealkylation sites (N-methyl/N-ethyl adjacent to an activating group) is 1. The minimum Gasteiger partial charge on any atom is -0.494 e. The third kappa shape index (κ3) is 4.25. The van der Waals surface area contributed by atoms with Crippen LogP contribution in [-0.4, -0.2) is 45.5 Å². The van der Waals surface area contributed by atoms with Gasteiger partial charge in [-0.15, -0.1) is 4.36 Å². The van der Waals surface area contributed by atoms with E-state index in [1.165, 1.54) is 18.1 Å². The van der Waals surface area contributed by atoms with E-state index in [1.807, 2.05) is 0 Å². The topological polar surface area (TPSA) is 88.1 Å². The number of hydrogen-bond acceptors (Lipinski definition) is 6. The Morgan fingerprint density at radius 2 is 2.09 bits per heavy atom. The molecule has 1 aromatic rings. The highest BCUT2D eigenvalue weighted by atomic mass is 32.2. The largest absolute Gasteiger partial charge is 0.494 e. The molecule has 0 aliphatic heterocycles. The highest BCUT2D eigenvalue weighted by molar-refractivity contribution is 7.80. The molecular formula is C13H17N3O4S2. The molecule has 0 radical (unpaired) electrons. The minimum absolute atomic E-state index is 0.145. The maximum atomic E-state index is 12.3. The first-order valence-electron chi connectivity index (χ1n) is 6.30. The highest BCUT2D eigenvalue weighted by Gasteiger charge is 2.22. The van der Waals surface area contributed by atoms with E-state index in [4.69, 9.17) is 17.0 Å². The number of carbonyl (C=O) groups excluding carboxylic acids is 1. The van der Waals surface area contributed by atoms with E-state index < -0.39 is 16.4 Å². The average molecular weight is 343 g/mol. The molecule has 0 aromatic heterocycles. The lowest BCUT2D eigenvalue weighted by Gasteiger charge is -2.22. The van der Waals surface area contributed by atoms with E-state index in [0.29, 0.717) is 16.4 Å². The fraction of sp³-hybridized carbons (Fsp3) is 0.385. The van der Waals surface area contributed by atoms with Crippen LogP contribution in [-0.2, 0) is 15.3 Å². The molecule has 1 amide bonds. The van der Waals surface area contributed by atoms with E-state index in [9.17, 15) is 13.2 Å². The van der Waals surface area contributed by atoms with Crippen LogP contribution in [0.25, 0.3) is 0 Å². The van der Waals surface area contributed by atoms with Crippen molar-refractivity contribution in [3.8, 4) is 5.75 Å². The third-order valence-electron chi connectivity index (χ3n) is 3.10. The summed E-state index contributed by atoms with van der Waals surface area (Å²) in [5, 5.41) is 3.03. The van der Waals surface area contributed by atoms with E-state index in [-0.39, 0.29) is 11.6 Å². The zero-order valence-electron chi connectivity index (χ0n) is 12.7. The molecule has 0 fully saturated rings. The second-order valence-corrected chi connectivity index (χ2v) is 5.42. The lowest BCUT2D eigenvalue weighted by molar-refractivity contribution is -0.127. The Kier molecular flexibility index (Phi) is 6.44. The molecule has 9 heteroatoms. The lowest BCUT2D eigenvalue weighted by atomic mass is 9.99. The quantitative estimate of drug-likeness (QED) is 0.833. The second-order valence-electron chi connectivity index (χ2n) is 4.41. The molecule has 0 saturated heterocycles. The molecule has 0 saturated carbocycles. The first-order valence-corrected chi connectivity index (χ1v) is 7.74. The van der Waals surface area contributed by atoms with Crippen molar-refractivity contribution in [3.63, 3.8) is 0 Å². The summed E-state index contributed by atoms with van der Waals surface area (Å²) >= 11 is 5.02. The van der Waals surface area contributed by atoms with Crippen LogP contribution in [0.15, 0.2) is 22.6 Å². The van der Waals surface area contributed by atoms with Crippen molar-refractivity contribution in [3.05, 3.63) is 23.8 Å². The van der Waals surface area contributed by atoms with Crippen molar-refractivity contribution >= 4 is 39.4 Å². The van der Waals surface area contributed by atoms with E-state index in [1.54, 1.807) is 33.2 Å². The van der Waals surface area contributed by atoms with Crippen LogP contribution < -0.4 is 10.1 Å². The monoisotopic (exact) mass is 343 g/mol. The number of nitrogens with zero attached hydrogens (tertiary/aromatic N) is 2. The molecule has 120 valence electrons. The molecule has 0 heterocycles. The summed E-state index contributed by atoms with van der Waals surface area (Å²) in [5.74, 6) is -0.429. The first-order chi connectivity index (χ1) is 10.3. The fourth-order valence-corrected chi connectivity index (χ4v) is 2.22.